The Kier molecular flexibility index (Phi) is 6.65. The second kappa shape index (κ2) is 7.78. The molecule has 1 aromatic carbocycles. The fraction of sp³-hybridized carbons (Fsp3) is 0.562. The van der Waals surface area contributed by atoms with Crippen molar-refractivity contribution in [2.45, 2.75) is 56.8 Å². The number of esters is 1. The van der Waals surface area contributed by atoms with Crippen molar-refractivity contribution in [3.05, 3.63) is 35.9 Å². The van der Waals surface area contributed by atoms with E-state index >= 15 is 0 Å². The summed E-state index contributed by atoms with van der Waals surface area (Å²) in [6.45, 7) is 5.15. The van der Waals surface area contributed by atoms with E-state index in [4.69, 9.17) is 16.3 Å². The van der Waals surface area contributed by atoms with Gasteiger partial charge in [0.1, 0.15) is 11.7 Å². The number of halogens is 1. The van der Waals surface area contributed by atoms with Gasteiger partial charge in [0.15, 0.2) is 5.38 Å². The maximum atomic E-state index is 11.8. The zero-order valence-electron chi connectivity index (χ0n) is 12.6. The van der Waals surface area contributed by atoms with E-state index < -0.39 is 29.2 Å². The van der Waals surface area contributed by atoms with Crippen LogP contribution in [0, 0.1) is 0 Å². The van der Waals surface area contributed by atoms with Crippen LogP contribution in [-0.2, 0) is 16.0 Å². The van der Waals surface area contributed by atoms with Crippen LogP contribution < -0.4 is 0 Å². The Morgan fingerprint density at radius 3 is 2.33 bits per heavy atom. The number of carbonyl (C=O) groups is 1. The fourth-order valence-electron chi connectivity index (χ4n) is 1.82. The molecule has 0 amide bonds. The quantitative estimate of drug-likeness (QED) is 0.624. The second-order valence-corrected chi connectivity index (χ2v) is 6.49. The summed E-state index contributed by atoms with van der Waals surface area (Å²) in [5, 5.41) is 18.6. The first-order valence-corrected chi connectivity index (χ1v) is 7.41. The Bertz CT molecular complexity index is 441. The Hall–Kier alpha value is -1.10. The molecule has 118 valence electrons. The molecule has 0 spiro atoms. The summed E-state index contributed by atoms with van der Waals surface area (Å²) >= 11 is 5.88. The predicted octanol–water partition coefficient (Wildman–Crippen LogP) is 2.29. The highest BCUT2D eigenvalue weighted by Gasteiger charge is 2.33. The highest BCUT2D eigenvalue weighted by molar-refractivity contribution is 6.30. The minimum atomic E-state index is -1.36. The molecule has 0 aliphatic carbocycles. The van der Waals surface area contributed by atoms with E-state index in [9.17, 15) is 15.0 Å². The lowest BCUT2D eigenvalue weighted by Crippen LogP contribution is -2.42. The van der Waals surface area contributed by atoms with E-state index in [1.54, 1.807) is 20.8 Å². The molecule has 3 atom stereocenters. The number of carbonyl (C=O) groups excluding carboxylic acids is 1. The summed E-state index contributed by atoms with van der Waals surface area (Å²) in [7, 11) is 0. The van der Waals surface area contributed by atoms with Crippen LogP contribution in [0.5, 0.6) is 0 Å². The number of benzene rings is 1. The Morgan fingerprint density at radius 2 is 1.81 bits per heavy atom. The molecule has 4 nitrogen and oxygen atoms in total. The van der Waals surface area contributed by atoms with Crippen LogP contribution in [-0.4, -0.2) is 39.4 Å². The summed E-state index contributed by atoms with van der Waals surface area (Å²) in [5.41, 5.74) is 0.367. The van der Waals surface area contributed by atoms with Crippen molar-refractivity contribution in [2.24, 2.45) is 0 Å². The lowest BCUT2D eigenvalue weighted by atomic mass is 10.0. The normalized spacial score (nSPS) is 16.1. The van der Waals surface area contributed by atoms with Gasteiger partial charge in [-0.1, -0.05) is 30.3 Å². The average Bonchev–Trinajstić information content (AvgIpc) is 2.42. The first kappa shape index (κ1) is 18.0. The van der Waals surface area contributed by atoms with Crippen LogP contribution in [0.15, 0.2) is 30.3 Å². The van der Waals surface area contributed by atoms with E-state index in [1.807, 2.05) is 30.3 Å². The van der Waals surface area contributed by atoms with E-state index in [2.05, 4.69) is 0 Å². The first-order valence-electron chi connectivity index (χ1n) is 6.97. The van der Waals surface area contributed by atoms with Gasteiger partial charge < -0.3 is 14.9 Å². The Morgan fingerprint density at radius 1 is 1.24 bits per heavy atom. The van der Waals surface area contributed by atoms with Crippen molar-refractivity contribution < 1.29 is 19.7 Å². The van der Waals surface area contributed by atoms with Crippen LogP contribution in [0.25, 0.3) is 0 Å². The maximum Gasteiger partial charge on any atom is 0.327 e. The molecule has 0 aromatic heterocycles. The molecular weight excluding hydrogens is 292 g/mol. The zero-order chi connectivity index (χ0) is 16.0. The molecule has 0 fully saturated rings. The van der Waals surface area contributed by atoms with Crippen molar-refractivity contribution in [3.8, 4) is 0 Å². The molecule has 0 heterocycles. The van der Waals surface area contributed by atoms with Crippen molar-refractivity contribution in [2.75, 3.05) is 0 Å². The second-order valence-electron chi connectivity index (χ2n) is 6.02. The number of alkyl halides is 1. The minimum absolute atomic E-state index is 0.317. The van der Waals surface area contributed by atoms with Gasteiger partial charge >= 0.3 is 5.97 Å². The molecule has 0 aliphatic heterocycles. The van der Waals surface area contributed by atoms with Gasteiger partial charge in [0.2, 0.25) is 0 Å². The van der Waals surface area contributed by atoms with E-state index in [1.165, 1.54) is 0 Å². The van der Waals surface area contributed by atoms with Crippen molar-refractivity contribution >= 4 is 17.6 Å². The summed E-state index contributed by atoms with van der Waals surface area (Å²) < 4.78 is 5.09. The number of hydrogen-bond acceptors (Lipinski definition) is 4. The summed E-state index contributed by atoms with van der Waals surface area (Å²) in [6, 6.07) is 9.59. The lowest BCUT2D eigenvalue weighted by Gasteiger charge is -2.25. The van der Waals surface area contributed by atoms with Crippen LogP contribution in [0.3, 0.4) is 0 Å². The molecule has 2 N–H and O–H groups in total. The molecule has 0 unspecified atom stereocenters. The van der Waals surface area contributed by atoms with Crippen molar-refractivity contribution in [1.29, 1.82) is 0 Å². The number of aryl methyl sites for hydroxylation is 1. The minimum Gasteiger partial charge on any atom is -0.459 e. The number of aliphatic hydroxyl groups is 2. The van der Waals surface area contributed by atoms with E-state index in [-0.39, 0.29) is 0 Å². The SMILES string of the molecule is CC(C)(C)OC(=O)[C@@H](Cl)[C@@H](O)[C@H](O)CCc1ccccc1. The summed E-state index contributed by atoms with van der Waals surface area (Å²) in [4.78, 5) is 11.8. The molecule has 0 bridgehead atoms. The van der Waals surface area contributed by atoms with E-state index in [0.29, 0.717) is 12.8 Å². The van der Waals surface area contributed by atoms with Gasteiger partial charge in [0.05, 0.1) is 6.10 Å². The standard InChI is InChI=1S/C16H23ClO4/c1-16(2,3)21-15(20)13(17)14(19)12(18)10-9-11-7-5-4-6-8-11/h4-8,12-14,18-19H,9-10H2,1-3H3/t12-,13+,14+/m1/s1. The maximum absolute atomic E-state index is 11.8. The Balaban J connectivity index is 2.49. The highest BCUT2D eigenvalue weighted by Crippen LogP contribution is 2.17. The van der Waals surface area contributed by atoms with Gasteiger partial charge in [-0.3, -0.25) is 4.79 Å². The largest absolute Gasteiger partial charge is 0.459 e. The zero-order valence-corrected chi connectivity index (χ0v) is 13.4. The van der Waals surface area contributed by atoms with Crippen LogP contribution in [0.1, 0.15) is 32.8 Å². The summed E-state index contributed by atoms with van der Waals surface area (Å²) in [5.74, 6) is -0.726. The lowest BCUT2D eigenvalue weighted by molar-refractivity contribution is -0.158. The molecule has 0 aliphatic rings. The molecule has 1 rings (SSSR count). The molecule has 0 saturated heterocycles. The molecule has 5 heteroatoms. The highest BCUT2D eigenvalue weighted by atomic mass is 35.5. The van der Waals surface area contributed by atoms with Gasteiger partial charge in [0, 0.05) is 0 Å². The molecule has 0 radical (unpaired) electrons. The molecule has 21 heavy (non-hydrogen) atoms. The molecular formula is C16H23ClO4. The van der Waals surface area contributed by atoms with Gasteiger partial charge in [-0.2, -0.15) is 0 Å². The fourth-order valence-corrected chi connectivity index (χ4v) is 2.03. The van der Waals surface area contributed by atoms with Crippen LogP contribution in [0.4, 0.5) is 0 Å². The van der Waals surface area contributed by atoms with Crippen molar-refractivity contribution in [1.82, 2.24) is 0 Å². The Labute approximate surface area is 130 Å². The van der Waals surface area contributed by atoms with Crippen molar-refractivity contribution in [3.63, 3.8) is 0 Å². The number of ether oxygens (including phenoxy) is 1. The van der Waals surface area contributed by atoms with Gasteiger partial charge in [-0.05, 0) is 39.2 Å². The third-order valence-electron chi connectivity index (χ3n) is 2.90. The van der Waals surface area contributed by atoms with Gasteiger partial charge in [-0.15, -0.1) is 11.6 Å². The topological polar surface area (TPSA) is 66.8 Å². The first-order chi connectivity index (χ1) is 9.70. The van der Waals surface area contributed by atoms with Gasteiger partial charge in [0.25, 0.3) is 0 Å². The predicted molar refractivity (Wildman–Crippen MR) is 82.3 cm³/mol. The van der Waals surface area contributed by atoms with Crippen LogP contribution in [0.2, 0.25) is 0 Å². The summed E-state index contributed by atoms with van der Waals surface area (Å²) in [6.07, 6.45) is -1.53. The molecule has 0 saturated carbocycles. The number of rotatable bonds is 6. The third-order valence-corrected chi connectivity index (χ3v) is 3.33. The smallest absolute Gasteiger partial charge is 0.327 e. The monoisotopic (exact) mass is 314 g/mol. The number of aliphatic hydroxyl groups excluding tert-OH is 2. The van der Waals surface area contributed by atoms with Crippen LogP contribution >= 0.6 is 11.6 Å². The molecule has 1 aromatic rings. The average molecular weight is 315 g/mol. The van der Waals surface area contributed by atoms with Gasteiger partial charge in [-0.25, -0.2) is 0 Å². The van der Waals surface area contributed by atoms with E-state index in [0.717, 1.165) is 5.56 Å². The number of hydrogen-bond donors (Lipinski definition) is 2. The third kappa shape index (κ3) is 6.46.